The van der Waals surface area contributed by atoms with Crippen LogP contribution in [0, 0.1) is 11.8 Å². The van der Waals surface area contributed by atoms with Crippen molar-refractivity contribution in [3.05, 3.63) is 0 Å². The molecule has 0 aromatic heterocycles. The molecule has 0 atom stereocenters. The Balaban J connectivity index is 1.86. The Labute approximate surface area is 143 Å². The molecule has 2 N–H and O–H groups in total. The molecule has 0 aliphatic heterocycles. The van der Waals surface area contributed by atoms with Gasteiger partial charge in [0.25, 0.3) is 0 Å². The standard InChI is InChI=1S/C20H39NO2/c1-2-3-4-5-6-7-8-9-10-11-16-23-20(22)19-14-12-18(17-21)13-15-19/h18-19H,2-17,21H2,1H3. The summed E-state index contributed by atoms with van der Waals surface area (Å²) >= 11 is 0. The lowest BCUT2D eigenvalue weighted by Gasteiger charge is -2.26. The number of nitrogens with two attached hydrogens (primary N) is 1. The maximum Gasteiger partial charge on any atom is 0.308 e. The van der Waals surface area contributed by atoms with Gasteiger partial charge in [0.15, 0.2) is 0 Å². The van der Waals surface area contributed by atoms with Gasteiger partial charge < -0.3 is 10.5 Å². The highest BCUT2D eigenvalue weighted by Crippen LogP contribution is 2.28. The van der Waals surface area contributed by atoms with Gasteiger partial charge in [-0.05, 0) is 44.6 Å². The highest BCUT2D eigenvalue weighted by Gasteiger charge is 2.26. The minimum atomic E-state index is 0.0383. The zero-order valence-corrected chi connectivity index (χ0v) is 15.4. The average Bonchev–Trinajstić information content (AvgIpc) is 2.59. The third-order valence-electron chi connectivity index (χ3n) is 5.26. The van der Waals surface area contributed by atoms with E-state index in [0.717, 1.165) is 38.6 Å². The molecule has 0 aromatic rings. The van der Waals surface area contributed by atoms with Crippen LogP contribution in [0.1, 0.15) is 96.8 Å². The Morgan fingerprint density at radius 3 is 1.91 bits per heavy atom. The van der Waals surface area contributed by atoms with E-state index < -0.39 is 0 Å². The summed E-state index contributed by atoms with van der Waals surface area (Å²) in [5, 5.41) is 0. The van der Waals surface area contributed by atoms with E-state index in [2.05, 4.69) is 6.92 Å². The van der Waals surface area contributed by atoms with Crippen molar-refractivity contribution < 1.29 is 9.53 Å². The molecular formula is C20H39NO2. The van der Waals surface area contributed by atoms with Crippen molar-refractivity contribution in [1.82, 2.24) is 0 Å². The Kier molecular flexibility index (Phi) is 12.3. The fourth-order valence-electron chi connectivity index (χ4n) is 3.51. The van der Waals surface area contributed by atoms with E-state index in [1.165, 1.54) is 57.8 Å². The molecule has 136 valence electrons. The third-order valence-corrected chi connectivity index (χ3v) is 5.26. The van der Waals surface area contributed by atoms with Crippen molar-refractivity contribution in [3.63, 3.8) is 0 Å². The molecule has 0 heterocycles. The highest BCUT2D eigenvalue weighted by molar-refractivity contribution is 5.72. The van der Waals surface area contributed by atoms with E-state index in [4.69, 9.17) is 10.5 Å². The van der Waals surface area contributed by atoms with E-state index in [9.17, 15) is 4.79 Å². The molecule has 0 aromatic carbocycles. The van der Waals surface area contributed by atoms with E-state index in [-0.39, 0.29) is 11.9 Å². The molecule has 1 aliphatic carbocycles. The summed E-state index contributed by atoms with van der Waals surface area (Å²) in [5.74, 6) is 0.804. The van der Waals surface area contributed by atoms with Crippen molar-refractivity contribution in [2.45, 2.75) is 96.8 Å². The molecule has 0 saturated heterocycles. The van der Waals surface area contributed by atoms with Crippen molar-refractivity contribution in [2.24, 2.45) is 17.6 Å². The van der Waals surface area contributed by atoms with Gasteiger partial charge in [0.2, 0.25) is 0 Å². The average molecular weight is 326 g/mol. The molecule has 0 spiro atoms. The van der Waals surface area contributed by atoms with E-state index >= 15 is 0 Å². The molecule has 1 saturated carbocycles. The normalized spacial score (nSPS) is 21.3. The number of ether oxygens (including phenoxy) is 1. The number of hydrogen-bond acceptors (Lipinski definition) is 3. The molecule has 1 fully saturated rings. The topological polar surface area (TPSA) is 52.3 Å². The van der Waals surface area contributed by atoms with Crippen molar-refractivity contribution in [3.8, 4) is 0 Å². The van der Waals surface area contributed by atoms with Crippen LogP contribution in [0.15, 0.2) is 0 Å². The number of esters is 1. The van der Waals surface area contributed by atoms with Gasteiger partial charge in [-0.15, -0.1) is 0 Å². The lowest BCUT2D eigenvalue weighted by molar-refractivity contribution is -0.150. The summed E-state index contributed by atoms with van der Waals surface area (Å²) in [6.07, 6.45) is 17.2. The first-order chi connectivity index (χ1) is 11.3. The molecule has 1 rings (SSSR count). The predicted octanol–water partition coefficient (Wildman–Crippen LogP) is 5.22. The summed E-state index contributed by atoms with van der Waals surface area (Å²) in [5.41, 5.74) is 5.69. The van der Waals surface area contributed by atoms with Crippen LogP contribution in [0.25, 0.3) is 0 Å². The Hall–Kier alpha value is -0.570. The molecule has 0 unspecified atom stereocenters. The van der Waals surface area contributed by atoms with E-state index in [1.54, 1.807) is 0 Å². The van der Waals surface area contributed by atoms with Gasteiger partial charge >= 0.3 is 5.97 Å². The summed E-state index contributed by atoms with van der Waals surface area (Å²) in [6, 6.07) is 0. The molecular weight excluding hydrogens is 286 g/mol. The smallest absolute Gasteiger partial charge is 0.308 e. The number of carbonyl (C=O) groups excluding carboxylic acids is 1. The van der Waals surface area contributed by atoms with Crippen LogP contribution < -0.4 is 5.73 Å². The largest absolute Gasteiger partial charge is 0.465 e. The van der Waals surface area contributed by atoms with Gasteiger partial charge in [-0.2, -0.15) is 0 Å². The summed E-state index contributed by atoms with van der Waals surface area (Å²) in [6.45, 7) is 3.64. The number of rotatable bonds is 13. The van der Waals surface area contributed by atoms with Gasteiger partial charge in [-0.25, -0.2) is 0 Å². The SMILES string of the molecule is CCCCCCCCCCCCOC(=O)C1CCC(CN)CC1. The van der Waals surface area contributed by atoms with Gasteiger partial charge in [-0.1, -0.05) is 64.7 Å². The quantitative estimate of drug-likeness (QED) is 0.373. The van der Waals surface area contributed by atoms with Crippen LogP contribution >= 0.6 is 0 Å². The molecule has 1 aliphatic rings. The second-order valence-corrected chi connectivity index (χ2v) is 7.30. The summed E-state index contributed by atoms with van der Waals surface area (Å²) < 4.78 is 5.45. The lowest BCUT2D eigenvalue weighted by Crippen LogP contribution is -2.27. The lowest BCUT2D eigenvalue weighted by atomic mass is 9.82. The Bertz CT molecular complexity index is 285. The van der Waals surface area contributed by atoms with Gasteiger partial charge in [0, 0.05) is 0 Å². The first kappa shape index (κ1) is 20.5. The van der Waals surface area contributed by atoms with Crippen LogP contribution in [-0.2, 0) is 9.53 Å². The fraction of sp³-hybridized carbons (Fsp3) is 0.950. The predicted molar refractivity (Wildman–Crippen MR) is 97.3 cm³/mol. The minimum absolute atomic E-state index is 0.0383. The first-order valence-electron chi connectivity index (χ1n) is 10.1. The fourth-order valence-corrected chi connectivity index (χ4v) is 3.51. The summed E-state index contributed by atoms with van der Waals surface area (Å²) in [7, 11) is 0. The van der Waals surface area contributed by atoms with Crippen LogP contribution in [0.4, 0.5) is 0 Å². The maximum absolute atomic E-state index is 12.0. The first-order valence-corrected chi connectivity index (χ1v) is 10.1. The van der Waals surface area contributed by atoms with Crippen LogP contribution in [0.2, 0.25) is 0 Å². The molecule has 3 heteroatoms. The number of hydrogen-bond donors (Lipinski definition) is 1. The monoisotopic (exact) mass is 325 g/mol. The molecule has 0 radical (unpaired) electrons. The van der Waals surface area contributed by atoms with E-state index in [0.29, 0.717) is 12.5 Å². The second kappa shape index (κ2) is 13.8. The molecule has 23 heavy (non-hydrogen) atoms. The van der Waals surface area contributed by atoms with E-state index in [1.807, 2.05) is 0 Å². The zero-order chi connectivity index (χ0) is 16.8. The molecule has 0 bridgehead atoms. The van der Waals surface area contributed by atoms with Crippen molar-refractivity contribution in [1.29, 1.82) is 0 Å². The van der Waals surface area contributed by atoms with Crippen molar-refractivity contribution >= 4 is 5.97 Å². The van der Waals surface area contributed by atoms with Gasteiger partial charge in [0.05, 0.1) is 12.5 Å². The maximum atomic E-state index is 12.0. The number of carbonyl (C=O) groups is 1. The van der Waals surface area contributed by atoms with Gasteiger partial charge in [0.1, 0.15) is 0 Å². The molecule has 3 nitrogen and oxygen atoms in total. The highest BCUT2D eigenvalue weighted by atomic mass is 16.5. The van der Waals surface area contributed by atoms with Crippen LogP contribution in [0.3, 0.4) is 0 Å². The Morgan fingerprint density at radius 2 is 1.39 bits per heavy atom. The van der Waals surface area contributed by atoms with Crippen LogP contribution in [-0.4, -0.2) is 19.1 Å². The summed E-state index contributed by atoms with van der Waals surface area (Å²) in [4.78, 5) is 12.0. The Morgan fingerprint density at radius 1 is 0.870 bits per heavy atom. The van der Waals surface area contributed by atoms with Crippen LogP contribution in [0.5, 0.6) is 0 Å². The molecule has 0 amide bonds. The number of unbranched alkanes of at least 4 members (excludes halogenated alkanes) is 9. The minimum Gasteiger partial charge on any atom is -0.465 e. The zero-order valence-electron chi connectivity index (χ0n) is 15.4. The van der Waals surface area contributed by atoms with Gasteiger partial charge in [-0.3, -0.25) is 4.79 Å². The van der Waals surface area contributed by atoms with Crippen molar-refractivity contribution in [2.75, 3.05) is 13.2 Å². The second-order valence-electron chi connectivity index (χ2n) is 7.30. The third kappa shape index (κ3) is 10.0.